The lowest BCUT2D eigenvalue weighted by Crippen LogP contribution is -2.38. The third kappa shape index (κ3) is 4.03. The van der Waals surface area contributed by atoms with E-state index in [1.807, 2.05) is 31.2 Å². The summed E-state index contributed by atoms with van der Waals surface area (Å²) in [6.07, 6.45) is 0.809. The number of fused-ring (bicyclic) bond motifs is 2. The number of hydrogen-bond donors (Lipinski definition) is 0. The number of nitrogens with zero attached hydrogens (tertiary/aromatic N) is 2. The summed E-state index contributed by atoms with van der Waals surface area (Å²) in [4.78, 5) is 31.2. The Labute approximate surface area is 192 Å². The summed E-state index contributed by atoms with van der Waals surface area (Å²) in [7, 11) is 1.56. The van der Waals surface area contributed by atoms with Gasteiger partial charge in [-0.1, -0.05) is 29.8 Å². The Kier molecular flexibility index (Phi) is 5.91. The molecular formula is C26H28N2O5. The largest absolute Gasteiger partial charge is 0.497 e. The van der Waals surface area contributed by atoms with Crippen molar-refractivity contribution in [3.63, 3.8) is 0 Å². The summed E-state index contributed by atoms with van der Waals surface area (Å²) in [5, 5.41) is 0.453. The molecule has 2 aliphatic rings. The smallest absolute Gasteiger partial charge is 0.290 e. The minimum Gasteiger partial charge on any atom is -0.497 e. The first-order valence-electron chi connectivity index (χ1n) is 11.4. The molecule has 3 aromatic rings. The Bertz CT molecular complexity index is 1230. The monoisotopic (exact) mass is 448 g/mol. The van der Waals surface area contributed by atoms with E-state index in [1.54, 1.807) is 30.2 Å². The molecule has 172 valence electrons. The van der Waals surface area contributed by atoms with Gasteiger partial charge in [0.05, 0.1) is 37.3 Å². The zero-order valence-electron chi connectivity index (χ0n) is 19.0. The molecular weight excluding hydrogens is 420 g/mol. The number of morpholine rings is 1. The van der Waals surface area contributed by atoms with Crippen molar-refractivity contribution in [3.8, 4) is 5.75 Å². The fraction of sp³-hybridized carbons (Fsp3) is 0.385. The molecule has 0 N–H and O–H groups in total. The highest BCUT2D eigenvalue weighted by Gasteiger charge is 2.42. The number of ether oxygens (including phenoxy) is 2. The molecule has 7 heteroatoms. The summed E-state index contributed by atoms with van der Waals surface area (Å²) in [6.45, 7) is 6.74. The van der Waals surface area contributed by atoms with E-state index in [0.29, 0.717) is 28.8 Å². The van der Waals surface area contributed by atoms with E-state index in [4.69, 9.17) is 13.9 Å². The molecule has 33 heavy (non-hydrogen) atoms. The van der Waals surface area contributed by atoms with Crippen molar-refractivity contribution in [2.75, 3.05) is 46.5 Å². The average Bonchev–Trinajstić information content (AvgIpc) is 3.12. The van der Waals surface area contributed by atoms with Crippen LogP contribution in [0.3, 0.4) is 0 Å². The number of aryl methyl sites for hydroxylation is 1. The van der Waals surface area contributed by atoms with Crippen LogP contribution in [-0.2, 0) is 4.74 Å². The Morgan fingerprint density at radius 3 is 2.52 bits per heavy atom. The van der Waals surface area contributed by atoms with E-state index in [-0.39, 0.29) is 17.1 Å². The molecule has 7 nitrogen and oxygen atoms in total. The third-order valence-corrected chi connectivity index (χ3v) is 6.55. The lowest BCUT2D eigenvalue weighted by molar-refractivity contribution is 0.0353. The molecule has 0 aliphatic carbocycles. The number of methoxy groups -OCH3 is 1. The lowest BCUT2D eigenvalue weighted by atomic mass is 9.97. The van der Waals surface area contributed by atoms with Crippen LogP contribution in [0.2, 0.25) is 0 Å². The zero-order valence-corrected chi connectivity index (χ0v) is 19.0. The minimum absolute atomic E-state index is 0.137. The van der Waals surface area contributed by atoms with Gasteiger partial charge in [-0.3, -0.25) is 14.5 Å². The van der Waals surface area contributed by atoms with Crippen molar-refractivity contribution in [1.82, 2.24) is 9.80 Å². The predicted molar refractivity (Wildman–Crippen MR) is 125 cm³/mol. The SMILES string of the molecule is COc1ccc2c(=O)c3c(oc2c1)C(=O)N(CCCN1CCOCC1)C3c1ccc(C)cc1. The lowest BCUT2D eigenvalue weighted by Gasteiger charge is -2.29. The Morgan fingerprint density at radius 2 is 1.79 bits per heavy atom. The van der Waals surface area contributed by atoms with E-state index < -0.39 is 6.04 Å². The van der Waals surface area contributed by atoms with Crippen LogP contribution in [-0.4, -0.2) is 62.2 Å². The normalized spacial score (nSPS) is 18.7. The van der Waals surface area contributed by atoms with Crippen LogP contribution >= 0.6 is 0 Å². The van der Waals surface area contributed by atoms with Crippen LogP contribution in [0.15, 0.2) is 51.7 Å². The maximum Gasteiger partial charge on any atom is 0.290 e. The van der Waals surface area contributed by atoms with Crippen LogP contribution in [0.25, 0.3) is 11.0 Å². The molecule has 3 heterocycles. The predicted octanol–water partition coefficient (Wildman–Crippen LogP) is 3.38. The quantitative estimate of drug-likeness (QED) is 0.576. The highest BCUT2D eigenvalue weighted by Crippen LogP contribution is 2.38. The van der Waals surface area contributed by atoms with Crippen LogP contribution in [0.5, 0.6) is 5.75 Å². The van der Waals surface area contributed by atoms with Gasteiger partial charge in [-0.05, 0) is 31.0 Å². The molecule has 0 spiro atoms. The fourth-order valence-electron chi connectivity index (χ4n) is 4.74. The molecule has 1 aromatic heterocycles. The van der Waals surface area contributed by atoms with E-state index in [2.05, 4.69) is 4.90 Å². The average molecular weight is 449 g/mol. The van der Waals surface area contributed by atoms with Crippen molar-refractivity contribution in [1.29, 1.82) is 0 Å². The van der Waals surface area contributed by atoms with Crippen molar-refractivity contribution in [2.45, 2.75) is 19.4 Å². The van der Waals surface area contributed by atoms with Gasteiger partial charge in [0.15, 0.2) is 5.43 Å². The number of benzene rings is 2. The van der Waals surface area contributed by atoms with Crippen molar-refractivity contribution in [3.05, 3.63) is 75.1 Å². The van der Waals surface area contributed by atoms with Crippen LogP contribution in [0, 0.1) is 6.92 Å². The topological polar surface area (TPSA) is 72.2 Å². The summed E-state index contributed by atoms with van der Waals surface area (Å²) in [5.41, 5.74) is 2.67. The third-order valence-electron chi connectivity index (χ3n) is 6.55. The second kappa shape index (κ2) is 9.00. The van der Waals surface area contributed by atoms with Crippen LogP contribution in [0.4, 0.5) is 0 Å². The second-order valence-electron chi connectivity index (χ2n) is 8.66. The molecule has 0 bridgehead atoms. The van der Waals surface area contributed by atoms with E-state index in [0.717, 1.165) is 50.4 Å². The molecule has 0 radical (unpaired) electrons. The van der Waals surface area contributed by atoms with Gasteiger partial charge in [0, 0.05) is 32.2 Å². The molecule has 1 atom stereocenters. The van der Waals surface area contributed by atoms with Gasteiger partial charge in [-0.2, -0.15) is 0 Å². The molecule has 5 rings (SSSR count). The number of rotatable bonds is 6. The Morgan fingerprint density at radius 1 is 1.03 bits per heavy atom. The molecule has 1 fully saturated rings. The minimum atomic E-state index is -0.458. The molecule has 2 aliphatic heterocycles. The van der Waals surface area contributed by atoms with E-state index in [9.17, 15) is 9.59 Å². The van der Waals surface area contributed by atoms with Gasteiger partial charge in [0.25, 0.3) is 5.91 Å². The second-order valence-corrected chi connectivity index (χ2v) is 8.66. The first-order chi connectivity index (χ1) is 16.1. The number of amides is 1. The first-order valence-corrected chi connectivity index (χ1v) is 11.4. The highest BCUT2D eigenvalue weighted by molar-refractivity contribution is 5.99. The van der Waals surface area contributed by atoms with Crippen molar-refractivity contribution >= 4 is 16.9 Å². The summed E-state index contributed by atoms with van der Waals surface area (Å²) in [5.74, 6) is 0.477. The first kappa shape index (κ1) is 21.7. The molecule has 2 aromatic carbocycles. The molecule has 1 unspecified atom stereocenters. The summed E-state index contributed by atoms with van der Waals surface area (Å²) < 4.78 is 16.7. The van der Waals surface area contributed by atoms with Gasteiger partial charge in [0.2, 0.25) is 5.76 Å². The zero-order chi connectivity index (χ0) is 22.9. The molecule has 0 saturated carbocycles. The number of hydrogen-bond acceptors (Lipinski definition) is 6. The van der Waals surface area contributed by atoms with Crippen molar-refractivity contribution < 1.29 is 18.7 Å². The number of carbonyl (C=O) groups excluding carboxylic acids is 1. The van der Waals surface area contributed by atoms with Crippen LogP contribution in [0.1, 0.15) is 39.7 Å². The number of carbonyl (C=O) groups is 1. The van der Waals surface area contributed by atoms with E-state index in [1.165, 1.54) is 0 Å². The molecule has 1 saturated heterocycles. The summed E-state index contributed by atoms with van der Waals surface area (Å²) >= 11 is 0. The van der Waals surface area contributed by atoms with E-state index >= 15 is 0 Å². The van der Waals surface area contributed by atoms with Crippen molar-refractivity contribution in [2.24, 2.45) is 0 Å². The van der Waals surface area contributed by atoms with Gasteiger partial charge in [-0.15, -0.1) is 0 Å². The fourth-order valence-corrected chi connectivity index (χ4v) is 4.74. The summed E-state index contributed by atoms with van der Waals surface area (Å²) in [6, 6.07) is 12.7. The Balaban J connectivity index is 1.53. The highest BCUT2D eigenvalue weighted by atomic mass is 16.5. The standard InChI is InChI=1S/C26H28N2O5/c1-17-4-6-18(7-5-17)23-22-24(29)20-9-8-19(31-2)16-21(20)33-25(22)26(30)28(23)11-3-10-27-12-14-32-15-13-27/h4-9,16,23H,3,10-15H2,1-2H3. The molecule has 1 amide bonds. The van der Waals surface area contributed by atoms with Gasteiger partial charge in [0.1, 0.15) is 11.3 Å². The van der Waals surface area contributed by atoms with Gasteiger partial charge in [-0.25, -0.2) is 0 Å². The van der Waals surface area contributed by atoms with Gasteiger partial charge >= 0.3 is 0 Å². The van der Waals surface area contributed by atoms with Gasteiger partial charge < -0.3 is 18.8 Å². The Hall–Kier alpha value is -3.16. The van der Waals surface area contributed by atoms with Crippen LogP contribution < -0.4 is 10.2 Å². The maximum atomic E-state index is 13.6. The maximum absolute atomic E-state index is 13.6.